The Morgan fingerprint density at radius 2 is 2.13 bits per heavy atom. The lowest BCUT2D eigenvalue weighted by atomic mass is 10.1. The highest BCUT2D eigenvalue weighted by atomic mass is 35.5. The van der Waals surface area contributed by atoms with Gasteiger partial charge in [-0.05, 0) is 17.7 Å². The molecule has 23 heavy (non-hydrogen) atoms. The van der Waals surface area contributed by atoms with Gasteiger partial charge in [-0.25, -0.2) is 0 Å². The fourth-order valence-electron chi connectivity index (χ4n) is 2.49. The molecule has 0 saturated carbocycles. The quantitative estimate of drug-likeness (QED) is 0.669. The van der Waals surface area contributed by atoms with Crippen molar-refractivity contribution in [3.05, 3.63) is 51.8 Å². The molecule has 4 N–H and O–H groups in total. The van der Waals surface area contributed by atoms with E-state index in [2.05, 4.69) is 20.8 Å². The summed E-state index contributed by atoms with van der Waals surface area (Å²) in [6, 6.07) is 6.88. The van der Waals surface area contributed by atoms with E-state index in [9.17, 15) is 9.90 Å². The number of aromatic amines is 1. The Labute approximate surface area is 145 Å². The van der Waals surface area contributed by atoms with Crippen LogP contribution in [0.15, 0.2) is 24.3 Å². The molecule has 0 bridgehead atoms. The number of hydrogen-bond donors (Lipinski definition) is 4. The smallest absolute Gasteiger partial charge is 0.272 e. The van der Waals surface area contributed by atoms with Gasteiger partial charge in [0, 0.05) is 42.3 Å². The SMILES string of the molecule is Cl.O=C(NCC(O)c1ccc(Cl)cc1)c1n[nH]c2c1CNCC2. The van der Waals surface area contributed by atoms with Crippen molar-refractivity contribution >= 4 is 29.9 Å². The van der Waals surface area contributed by atoms with Crippen molar-refractivity contribution in [3.8, 4) is 0 Å². The molecule has 0 radical (unpaired) electrons. The minimum atomic E-state index is -0.783. The third-order valence-electron chi connectivity index (χ3n) is 3.73. The number of carbonyl (C=O) groups excluding carboxylic acids is 1. The highest BCUT2D eigenvalue weighted by Crippen LogP contribution is 2.17. The number of nitrogens with zero attached hydrogens (tertiary/aromatic N) is 1. The van der Waals surface area contributed by atoms with Gasteiger partial charge < -0.3 is 15.7 Å². The molecule has 8 heteroatoms. The molecular formula is C15H18Cl2N4O2. The first-order valence-electron chi connectivity index (χ1n) is 7.13. The van der Waals surface area contributed by atoms with Crippen LogP contribution in [0.1, 0.15) is 33.4 Å². The Morgan fingerprint density at radius 3 is 2.87 bits per heavy atom. The van der Waals surface area contributed by atoms with Crippen molar-refractivity contribution in [1.82, 2.24) is 20.8 Å². The monoisotopic (exact) mass is 356 g/mol. The number of aliphatic hydroxyl groups excluding tert-OH is 1. The Hall–Kier alpha value is -1.60. The van der Waals surface area contributed by atoms with E-state index in [-0.39, 0.29) is 24.9 Å². The minimum Gasteiger partial charge on any atom is -0.387 e. The molecule has 124 valence electrons. The van der Waals surface area contributed by atoms with E-state index >= 15 is 0 Å². The molecule has 1 aliphatic rings. The molecule has 2 heterocycles. The second kappa shape index (κ2) is 7.79. The highest BCUT2D eigenvalue weighted by Gasteiger charge is 2.21. The topological polar surface area (TPSA) is 90.0 Å². The summed E-state index contributed by atoms with van der Waals surface area (Å²) in [6.45, 7) is 1.63. The van der Waals surface area contributed by atoms with Crippen molar-refractivity contribution in [2.24, 2.45) is 0 Å². The van der Waals surface area contributed by atoms with E-state index in [1.54, 1.807) is 24.3 Å². The summed E-state index contributed by atoms with van der Waals surface area (Å²) < 4.78 is 0. The fraction of sp³-hybridized carbons (Fsp3) is 0.333. The zero-order chi connectivity index (χ0) is 15.5. The van der Waals surface area contributed by atoms with Crippen LogP contribution in [0.25, 0.3) is 0 Å². The first-order chi connectivity index (χ1) is 10.6. The van der Waals surface area contributed by atoms with E-state index in [4.69, 9.17) is 11.6 Å². The molecular weight excluding hydrogens is 339 g/mol. The molecule has 0 aliphatic carbocycles. The summed E-state index contributed by atoms with van der Waals surface area (Å²) >= 11 is 5.81. The largest absolute Gasteiger partial charge is 0.387 e. The molecule has 1 aromatic carbocycles. The van der Waals surface area contributed by atoms with Gasteiger partial charge in [-0.2, -0.15) is 5.10 Å². The maximum absolute atomic E-state index is 12.2. The summed E-state index contributed by atoms with van der Waals surface area (Å²) in [7, 11) is 0. The van der Waals surface area contributed by atoms with Crippen molar-refractivity contribution in [1.29, 1.82) is 0 Å². The van der Waals surface area contributed by atoms with Crippen molar-refractivity contribution in [2.75, 3.05) is 13.1 Å². The van der Waals surface area contributed by atoms with Crippen molar-refractivity contribution in [2.45, 2.75) is 19.1 Å². The van der Waals surface area contributed by atoms with Crippen LogP contribution in [0.3, 0.4) is 0 Å². The van der Waals surface area contributed by atoms with Crippen molar-refractivity contribution in [3.63, 3.8) is 0 Å². The highest BCUT2D eigenvalue weighted by molar-refractivity contribution is 6.30. The summed E-state index contributed by atoms with van der Waals surface area (Å²) in [6.07, 6.45) is 0.0531. The van der Waals surface area contributed by atoms with Crippen LogP contribution in [-0.2, 0) is 13.0 Å². The van der Waals surface area contributed by atoms with Gasteiger partial charge in [-0.3, -0.25) is 9.89 Å². The van der Waals surface area contributed by atoms with E-state index in [0.717, 1.165) is 24.2 Å². The van der Waals surface area contributed by atoms with Gasteiger partial charge in [-0.1, -0.05) is 23.7 Å². The number of carbonyl (C=O) groups is 1. The molecule has 1 aliphatic heterocycles. The second-order valence-corrected chi connectivity index (χ2v) is 5.67. The normalized spacial score (nSPS) is 14.5. The van der Waals surface area contributed by atoms with E-state index in [0.29, 0.717) is 22.8 Å². The average molecular weight is 357 g/mol. The molecule has 0 saturated heterocycles. The predicted molar refractivity (Wildman–Crippen MR) is 90.0 cm³/mol. The van der Waals surface area contributed by atoms with Gasteiger partial charge in [0.05, 0.1) is 6.10 Å². The molecule has 1 aromatic heterocycles. The Bertz CT molecular complexity index is 673. The molecule has 0 spiro atoms. The number of hydrogen-bond acceptors (Lipinski definition) is 4. The van der Waals surface area contributed by atoms with Gasteiger partial charge in [0.15, 0.2) is 5.69 Å². The number of rotatable bonds is 4. The Kier molecular flexibility index (Phi) is 6.01. The summed E-state index contributed by atoms with van der Waals surface area (Å²) in [4.78, 5) is 12.2. The van der Waals surface area contributed by atoms with Crippen molar-refractivity contribution < 1.29 is 9.90 Å². The first kappa shape index (κ1) is 17.7. The standard InChI is InChI=1S/C15H17ClN4O2.ClH/c16-10-3-1-9(2-4-10)13(21)8-18-15(22)14-11-7-17-6-5-12(11)19-20-14;/h1-4,13,17,21H,5-8H2,(H,18,22)(H,19,20);1H. The number of fused-ring (bicyclic) bond motifs is 1. The number of aliphatic hydroxyl groups is 1. The molecule has 1 atom stereocenters. The van der Waals surface area contributed by atoms with Crippen LogP contribution in [-0.4, -0.2) is 34.3 Å². The summed E-state index contributed by atoms with van der Waals surface area (Å²) in [5, 5.41) is 23.6. The van der Waals surface area contributed by atoms with Crippen LogP contribution in [0, 0.1) is 0 Å². The van der Waals surface area contributed by atoms with Gasteiger partial charge in [0.2, 0.25) is 0 Å². The van der Waals surface area contributed by atoms with Gasteiger partial charge in [0.25, 0.3) is 5.91 Å². The van der Waals surface area contributed by atoms with Gasteiger partial charge in [-0.15, -0.1) is 12.4 Å². The maximum Gasteiger partial charge on any atom is 0.272 e. The van der Waals surface area contributed by atoms with Gasteiger partial charge in [0.1, 0.15) is 0 Å². The maximum atomic E-state index is 12.2. The Morgan fingerprint density at radius 1 is 1.39 bits per heavy atom. The number of halogens is 2. The number of benzene rings is 1. The lowest BCUT2D eigenvalue weighted by molar-refractivity contribution is 0.0910. The Balaban J connectivity index is 0.00000192. The molecule has 6 nitrogen and oxygen atoms in total. The third kappa shape index (κ3) is 4.03. The molecule has 0 fully saturated rings. The molecule has 1 unspecified atom stereocenters. The summed E-state index contributed by atoms with van der Waals surface area (Å²) in [5.41, 5.74) is 3.01. The predicted octanol–water partition coefficient (Wildman–Crippen LogP) is 1.59. The zero-order valence-electron chi connectivity index (χ0n) is 12.3. The molecule has 2 aromatic rings. The number of aromatic nitrogens is 2. The number of H-pyrrole nitrogens is 1. The van der Waals surface area contributed by atoms with E-state index in [1.165, 1.54) is 0 Å². The lowest BCUT2D eigenvalue weighted by Gasteiger charge is -2.14. The number of amides is 1. The molecule has 3 rings (SSSR count). The fourth-order valence-corrected chi connectivity index (χ4v) is 2.61. The van der Waals surface area contributed by atoms with Crippen LogP contribution >= 0.6 is 24.0 Å². The zero-order valence-corrected chi connectivity index (χ0v) is 13.9. The average Bonchev–Trinajstić information content (AvgIpc) is 2.97. The summed E-state index contributed by atoms with van der Waals surface area (Å²) in [5.74, 6) is -0.283. The van der Waals surface area contributed by atoms with Gasteiger partial charge >= 0.3 is 0 Å². The molecule has 1 amide bonds. The van der Waals surface area contributed by atoms with Crippen LogP contribution in [0.4, 0.5) is 0 Å². The van der Waals surface area contributed by atoms with Crippen LogP contribution in [0.5, 0.6) is 0 Å². The van der Waals surface area contributed by atoms with Crippen LogP contribution in [0.2, 0.25) is 5.02 Å². The minimum absolute atomic E-state index is 0. The third-order valence-corrected chi connectivity index (χ3v) is 3.98. The van der Waals surface area contributed by atoms with E-state index < -0.39 is 6.10 Å². The number of nitrogens with one attached hydrogen (secondary N) is 3. The second-order valence-electron chi connectivity index (χ2n) is 5.23. The lowest BCUT2D eigenvalue weighted by Crippen LogP contribution is -2.31. The van der Waals surface area contributed by atoms with Crippen LogP contribution < -0.4 is 10.6 Å². The van der Waals surface area contributed by atoms with E-state index in [1.807, 2.05) is 0 Å². The first-order valence-corrected chi connectivity index (χ1v) is 7.51.